The zero-order valence-corrected chi connectivity index (χ0v) is 13.7. The van der Waals surface area contributed by atoms with Crippen LogP contribution in [-0.4, -0.2) is 31.9 Å². The Bertz CT molecular complexity index is 716. The molecule has 0 fully saturated rings. The van der Waals surface area contributed by atoms with Crippen molar-refractivity contribution in [3.63, 3.8) is 0 Å². The Hall–Kier alpha value is -2.96. The van der Waals surface area contributed by atoms with Crippen molar-refractivity contribution < 1.29 is 14.2 Å². The summed E-state index contributed by atoms with van der Waals surface area (Å²) in [5.41, 5.74) is 2.13. The summed E-state index contributed by atoms with van der Waals surface area (Å²) in [6, 6.07) is 9.68. The molecule has 1 aromatic carbocycles. The molecule has 0 atom stereocenters. The van der Waals surface area contributed by atoms with E-state index >= 15 is 0 Å². The summed E-state index contributed by atoms with van der Waals surface area (Å²) >= 11 is 0. The van der Waals surface area contributed by atoms with Gasteiger partial charge in [0.1, 0.15) is 0 Å². The van der Waals surface area contributed by atoms with E-state index in [2.05, 4.69) is 20.6 Å². The van der Waals surface area contributed by atoms with Gasteiger partial charge in [0.2, 0.25) is 12.7 Å². The first-order valence-corrected chi connectivity index (χ1v) is 7.60. The first-order chi connectivity index (χ1) is 11.8. The maximum absolute atomic E-state index is 5.38. The van der Waals surface area contributed by atoms with Crippen LogP contribution in [0.4, 0.5) is 0 Å². The van der Waals surface area contributed by atoms with Crippen LogP contribution in [0, 0.1) is 0 Å². The Kier molecular flexibility index (Phi) is 5.00. The van der Waals surface area contributed by atoms with Crippen LogP contribution in [0.15, 0.2) is 41.5 Å². The van der Waals surface area contributed by atoms with Crippen LogP contribution in [0.5, 0.6) is 17.4 Å². The van der Waals surface area contributed by atoms with E-state index in [-0.39, 0.29) is 6.79 Å². The van der Waals surface area contributed by atoms with E-state index in [0.29, 0.717) is 24.9 Å². The van der Waals surface area contributed by atoms with Gasteiger partial charge < -0.3 is 24.8 Å². The number of guanidine groups is 1. The summed E-state index contributed by atoms with van der Waals surface area (Å²) in [6.45, 7) is 1.54. The minimum atomic E-state index is 0.283. The molecule has 24 heavy (non-hydrogen) atoms. The van der Waals surface area contributed by atoms with E-state index in [9.17, 15) is 0 Å². The smallest absolute Gasteiger partial charge is 0.231 e. The summed E-state index contributed by atoms with van der Waals surface area (Å²) in [6.07, 6.45) is 1.77. The number of hydrogen-bond acceptors (Lipinski definition) is 5. The predicted octanol–water partition coefficient (Wildman–Crippen LogP) is 1.68. The Labute approximate surface area is 140 Å². The second-order valence-electron chi connectivity index (χ2n) is 5.18. The molecule has 2 heterocycles. The second-order valence-corrected chi connectivity index (χ2v) is 5.18. The molecule has 0 saturated carbocycles. The molecule has 0 spiro atoms. The average molecular weight is 328 g/mol. The molecule has 7 heteroatoms. The second kappa shape index (κ2) is 7.54. The van der Waals surface area contributed by atoms with Crippen LogP contribution in [-0.2, 0) is 13.1 Å². The molecule has 2 N–H and O–H groups in total. The number of fused-ring (bicyclic) bond motifs is 1. The Balaban J connectivity index is 1.51. The maximum Gasteiger partial charge on any atom is 0.231 e. The lowest BCUT2D eigenvalue weighted by Crippen LogP contribution is -2.36. The van der Waals surface area contributed by atoms with Gasteiger partial charge in [0.05, 0.1) is 7.11 Å². The van der Waals surface area contributed by atoms with Crippen molar-refractivity contribution in [1.82, 2.24) is 15.6 Å². The van der Waals surface area contributed by atoms with Gasteiger partial charge in [-0.15, -0.1) is 0 Å². The number of benzene rings is 1. The van der Waals surface area contributed by atoms with Crippen molar-refractivity contribution >= 4 is 5.96 Å². The van der Waals surface area contributed by atoms with Crippen molar-refractivity contribution in [1.29, 1.82) is 0 Å². The lowest BCUT2D eigenvalue weighted by molar-refractivity contribution is 0.174. The van der Waals surface area contributed by atoms with Crippen molar-refractivity contribution in [2.75, 3.05) is 21.0 Å². The number of nitrogens with one attached hydrogen (secondary N) is 2. The highest BCUT2D eigenvalue weighted by atomic mass is 16.7. The molecular weight excluding hydrogens is 308 g/mol. The highest BCUT2D eigenvalue weighted by molar-refractivity contribution is 5.79. The molecule has 0 bridgehead atoms. The maximum atomic E-state index is 5.38. The van der Waals surface area contributed by atoms with E-state index in [0.717, 1.165) is 22.6 Å². The summed E-state index contributed by atoms with van der Waals surface area (Å²) in [7, 11) is 3.34. The SMILES string of the molecule is CN=C(NCc1ccc(OC)nc1)NCc1ccc2c(c1)OCO2. The number of pyridine rings is 1. The van der Waals surface area contributed by atoms with Gasteiger partial charge in [-0.1, -0.05) is 12.1 Å². The molecule has 1 aliphatic rings. The molecule has 126 valence electrons. The largest absolute Gasteiger partial charge is 0.481 e. The fourth-order valence-electron chi connectivity index (χ4n) is 2.28. The van der Waals surface area contributed by atoms with Crippen LogP contribution in [0.3, 0.4) is 0 Å². The molecule has 1 aromatic heterocycles. The zero-order chi connectivity index (χ0) is 16.8. The fourth-order valence-corrected chi connectivity index (χ4v) is 2.28. The molecule has 7 nitrogen and oxygen atoms in total. The Morgan fingerprint density at radius 1 is 1.12 bits per heavy atom. The molecule has 0 saturated heterocycles. The number of rotatable bonds is 5. The fraction of sp³-hybridized carbons (Fsp3) is 0.294. The number of aliphatic imine (C=N–C) groups is 1. The van der Waals surface area contributed by atoms with Crippen LogP contribution in [0.2, 0.25) is 0 Å². The summed E-state index contributed by atoms with van der Waals surface area (Å²) < 4.78 is 15.7. The van der Waals surface area contributed by atoms with E-state index in [1.807, 2.05) is 30.3 Å². The van der Waals surface area contributed by atoms with E-state index in [1.165, 1.54) is 0 Å². The van der Waals surface area contributed by atoms with Crippen LogP contribution >= 0.6 is 0 Å². The predicted molar refractivity (Wildman–Crippen MR) is 90.4 cm³/mol. The number of methoxy groups -OCH3 is 1. The molecule has 0 aliphatic carbocycles. The lowest BCUT2D eigenvalue weighted by atomic mass is 10.2. The third-order valence-electron chi connectivity index (χ3n) is 3.59. The zero-order valence-electron chi connectivity index (χ0n) is 13.7. The van der Waals surface area contributed by atoms with Gasteiger partial charge >= 0.3 is 0 Å². The quantitative estimate of drug-likeness (QED) is 0.642. The topological polar surface area (TPSA) is 77.0 Å². The van der Waals surface area contributed by atoms with E-state index < -0.39 is 0 Å². The van der Waals surface area contributed by atoms with Crippen molar-refractivity contribution in [2.45, 2.75) is 13.1 Å². The van der Waals surface area contributed by atoms with Gasteiger partial charge in [0, 0.05) is 32.4 Å². The van der Waals surface area contributed by atoms with Crippen molar-refractivity contribution in [3.8, 4) is 17.4 Å². The standard InChI is InChI=1S/C17H20N4O3/c1-18-17(21-10-13-4-6-16(22-2)19-9-13)20-8-12-3-5-14-15(7-12)24-11-23-14/h3-7,9H,8,10-11H2,1-2H3,(H2,18,20,21). The average Bonchev–Trinajstić information content (AvgIpc) is 3.10. The van der Waals surface area contributed by atoms with Gasteiger partial charge in [0.15, 0.2) is 17.5 Å². The lowest BCUT2D eigenvalue weighted by Gasteiger charge is -2.12. The van der Waals surface area contributed by atoms with Gasteiger partial charge in [0.25, 0.3) is 0 Å². The molecular formula is C17H20N4O3. The van der Waals surface area contributed by atoms with Crippen LogP contribution < -0.4 is 24.8 Å². The molecule has 3 rings (SSSR count). The summed E-state index contributed by atoms with van der Waals surface area (Å²) in [5, 5.41) is 6.52. The van der Waals surface area contributed by atoms with Crippen LogP contribution in [0.1, 0.15) is 11.1 Å². The Morgan fingerprint density at radius 3 is 2.58 bits per heavy atom. The van der Waals surface area contributed by atoms with Crippen LogP contribution in [0.25, 0.3) is 0 Å². The third-order valence-corrected chi connectivity index (χ3v) is 3.59. The van der Waals surface area contributed by atoms with Gasteiger partial charge in [-0.05, 0) is 23.3 Å². The third kappa shape index (κ3) is 3.87. The van der Waals surface area contributed by atoms with Gasteiger partial charge in [-0.3, -0.25) is 4.99 Å². The number of ether oxygens (including phenoxy) is 3. The normalized spacial score (nSPS) is 12.8. The first-order valence-electron chi connectivity index (χ1n) is 7.60. The van der Waals surface area contributed by atoms with Crippen molar-refractivity contribution in [2.24, 2.45) is 4.99 Å². The monoisotopic (exact) mass is 328 g/mol. The minimum absolute atomic E-state index is 0.283. The van der Waals surface area contributed by atoms with E-state index in [1.54, 1.807) is 20.4 Å². The molecule has 2 aromatic rings. The molecule has 0 radical (unpaired) electrons. The highest BCUT2D eigenvalue weighted by Crippen LogP contribution is 2.32. The molecule has 0 amide bonds. The molecule has 0 unspecified atom stereocenters. The first kappa shape index (κ1) is 15.9. The number of hydrogen-bond donors (Lipinski definition) is 2. The number of nitrogens with zero attached hydrogens (tertiary/aromatic N) is 2. The van der Waals surface area contributed by atoms with Gasteiger partial charge in [-0.2, -0.15) is 0 Å². The molecule has 1 aliphatic heterocycles. The van der Waals surface area contributed by atoms with Crippen molar-refractivity contribution in [3.05, 3.63) is 47.7 Å². The summed E-state index contributed by atoms with van der Waals surface area (Å²) in [5.74, 6) is 2.88. The summed E-state index contributed by atoms with van der Waals surface area (Å²) in [4.78, 5) is 8.40. The number of aromatic nitrogens is 1. The Morgan fingerprint density at radius 2 is 1.88 bits per heavy atom. The van der Waals surface area contributed by atoms with Gasteiger partial charge in [-0.25, -0.2) is 4.98 Å². The highest BCUT2D eigenvalue weighted by Gasteiger charge is 2.13. The van der Waals surface area contributed by atoms with E-state index in [4.69, 9.17) is 14.2 Å². The minimum Gasteiger partial charge on any atom is -0.481 e.